The molecule has 0 fully saturated rings. The maximum atomic E-state index is 12.3. The second-order valence-corrected chi connectivity index (χ2v) is 6.36. The lowest BCUT2D eigenvalue weighted by Gasteiger charge is -2.25. The number of thiocarbonyl (C=S) groups is 1. The molecule has 0 unspecified atom stereocenters. The fourth-order valence-corrected chi connectivity index (χ4v) is 2.81. The molecule has 0 bridgehead atoms. The van der Waals surface area contributed by atoms with Crippen molar-refractivity contribution in [2.75, 3.05) is 13.2 Å². The van der Waals surface area contributed by atoms with Gasteiger partial charge in [0.1, 0.15) is 0 Å². The van der Waals surface area contributed by atoms with Gasteiger partial charge in [-0.1, -0.05) is 60.7 Å². The van der Waals surface area contributed by atoms with Crippen LogP contribution in [0.5, 0.6) is 0 Å². The zero-order valence-electron chi connectivity index (χ0n) is 15.4. The molecule has 0 saturated carbocycles. The molecule has 2 aromatic rings. The summed E-state index contributed by atoms with van der Waals surface area (Å²) in [5.74, 6) is -0.464. The normalized spacial score (nSPS) is 10.1. The fraction of sp³-hybridized carbons (Fsp3) is 0.286. The first-order valence-electron chi connectivity index (χ1n) is 8.90. The predicted octanol–water partition coefficient (Wildman–Crippen LogP) is 3.09. The third kappa shape index (κ3) is 7.58. The molecule has 0 radical (unpaired) electrons. The third-order valence-electron chi connectivity index (χ3n) is 3.85. The topological polar surface area (TPSA) is 58.6 Å². The first-order valence-corrected chi connectivity index (χ1v) is 9.31. The van der Waals surface area contributed by atoms with Crippen molar-refractivity contribution in [2.45, 2.75) is 26.3 Å². The zero-order chi connectivity index (χ0) is 19.5. The van der Waals surface area contributed by atoms with Crippen molar-refractivity contribution < 1.29 is 14.3 Å². The predicted molar refractivity (Wildman–Crippen MR) is 109 cm³/mol. The Kier molecular flexibility index (Phi) is 8.45. The Morgan fingerprint density at radius 2 is 1.59 bits per heavy atom. The van der Waals surface area contributed by atoms with Gasteiger partial charge in [0.15, 0.2) is 5.11 Å². The van der Waals surface area contributed by atoms with Crippen LogP contribution in [0.15, 0.2) is 60.7 Å². The van der Waals surface area contributed by atoms with E-state index in [1.165, 1.54) is 0 Å². The van der Waals surface area contributed by atoms with Crippen molar-refractivity contribution in [1.82, 2.24) is 10.2 Å². The Labute approximate surface area is 165 Å². The lowest BCUT2D eigenvalue weighted by Crippen LogP contribution is -2.43. The molecule has 1 amide bonds. The number of carbonyl (C=O) groups is 2. The molecule has 2 rings (SSSR count). The maximum absolute atomic E-state index is 12.3. The number of rotatable bonds is 8. The number of esters is 1. The number of carbonyl (C=O) groups excluding carboxylic acids is 2. The molecule has 5 nitrogen and oxygen atoms in total. The first kappa shape index (κ1) is 20.6. The molecular weight excluding hydrogens is 360 g/mol. The minimum Gasteiger partial charge on any atom is -0.466 e. The van der Waals surface area contributed by atoms with Crippen molar-refractivity contribution in [3.63, 3.8) is 0 Å². The van der Waals surface area contributed by atoms with E-state index in [2.05, 4.69) is 5.32 Å². The van der Waals surface area contributed by atoms with Crippen LogP contribution >= 0.6 is 12.2 Å². The van der Waals surface area contributed by atoms with Crippen LogP contribution in [0.3, 0.4) is 0 Å². The van der Waals surface area contributed by atoms with E-state index < -0.39 is 0 Å². The monoisotopic (exact) mass is 384 g/mol. The van der Waals surface area contributed by atoms with Crippen LogP contribution in [0.1, 0.15) is 24.5 Å². The van der Waals surface area contributed by atoms with Gasteiger partial charge >= 0.3 is 5.97 Å². The Morgan fingerprint density at radius 3 is 2.19 bits per heavy atom. The summed E-state index contributed by atoms with van der Waals surface area (Å²) >= 11 is 5.43. The molecule has 0 aromatic heterocycles. The molecule has 0 aliphatic carbocycles. The standard InChI is InChI=1S/C21H24N2O3S/c1-2-26-20(25)13-14-23(16-18-11-7-4-8-12-18)21(27)22-19(24)15-17-9-5-3-6-10-17/h3-12H,2,13-16H2,1H3,(H,22,24,27). The SMILES string of the molecule is CCOC(=O)CCN(Cc1ccccc1)C(=S)NC(=O)Cc1ccccc1. The Balaban J connectivity index is 1.98. The van der Waals surface area contributed by atoms with Gasteiger partial charge in [0.25, 0.3) is 0 Å². The van der Waals surface area contributed by atoms with Crippen molar-refractivity contribution in [1.29, 1.82) is 0 Å². The van der Waals surface area contributed by atoms with Gasteiger partial charge in [-0.3, -0.25) is 9.59 Å². The van der Waals surface area contributed by atoms with Crippen molar-refractivity contribution in [3.8, 4) is 0 Å². The van der Waals surface area contributed by atoms with E-state index in [-0.39, 0.29) is 24.7 Å². The maximum Gasteiger partial charge on any atom is 0.307 e. The molecule has 0 saturated heterocycles. The quantitative estimate of drug-likeness (QED) is 0.560. The van der Waals surface area contributed by atoms with Crippen molar-refractivity contribution in [3.05, 3.63) is 71.8 Å². The molecular formula is C21H24N2O3S. The Hall–Kier alpha value is -2.73. The van der Waals surface area contributed by atoms with Gasteiger partial charge in [-0.15, -0.1) is 0 Å². The van der Waals surface area contributed by atoms with Crippen LogP contribution in [-0.2, 0) is 27.3 Å². The molecule has 1 N–H and O–H groups in total. The summed E-state index contributed by atoms with van der Waals surface area (Å²) in [6.07, 6.45) is 0.452. The molecule has 0 spiro atoms. The van der Waals surface area contributed by atoms with Crippen LogP contribution < -0.4 is 5.32 Å². The number of amides is 1. The van der Waals surface area contributed by atoms with Gasteiger partial charge in [-0.25, -0.2) is 0 Å². The highest BCUT2D eigenvalue weighted by Crippen LogP contribution is 2.07. The summed E-state index contributed by atoms with van der Waals surface area (Å²) in [5.41, 5.74) is 1.96. The van der Waals surface area contributed by atoms with Gasteiger partial charge in [-0.2, -0.15) is 0 Å². The van der Waals surface area contributed by atoms with Gasteiger partial charge in [0.05, 0.1) is 19.4 Å². The second kappa shape index (κ2) is 11.1. The average molecular weight is 385 g/mol. The van der Waals surface area contributed by atoms with Gasteiger partial charge in [0, 0.05) is 13.1 Å². The lowest BCUT2D eigenvalue weighted by molar-refractivity contribution is -0.143. The number of nitrogens with one attached hydrogen (secondary N) is 1. The molecule has 0 aliphatic rings. The van der Waals surface area contributed by atoms with E-state index in [1.807, 2.05) is 65.6 Å². The van der Waals surface area contributed by atoms with E-state index in [0.717, 1.165) is 11.1 Å². The number of hydrogen-bond donors (Lipinski definition) is 1. The van der Waals surface area contributed by atoms with Crippen LogP contribution in [-0.4, -0.2) is 35.0 Å². The molecule has 6 heteroatoms. The van der Waals surface area contributed by atoms with Crippen LogP contribution in [0, 0.1) is 0 Å². The molecule has 142 valence electrons. The summed E-state index contributed by atoms with van der Waals surface area (Å²) in [5, 5.41) is 3.08. The molecule has 27 heavy (non-hydrogen) atoms. The summed E-state index contributed by atoms with van der Waals surface area (Å²) in [7, 11) is 0. The highest BCUT2D eigenvalue weighted by Gasteiger charge is 2.15. The minimum absolute atomic E-state index is 0.180. The molecule has 0 aliphatic heterocycles. The summed E-state index contributed by atoms with van der Waals surface area (Å²) in [4.78, 5) is 25.8. The second-order valence-electron chi connectivity index (χ2n) is 5.98. The molecule has 0 heterocycles. The van der Waals surface area contributed by atoms with Gasteiger partial charge in [0.2, 0.25) is 5.91 Å². The van der Waals surface area contributed by atoms with Crippen LogP contribution in [0.25, 0.3) is 0 Å². The van der Waals surface area contributed by atoms with E-state index in [4.69, 9.17) is 17.0 Å². The number of benzene rings is 2. The van der Waals surface area contributed by atoms with Crippen molar-refractivity contribution >= 4 is 29.2 Å². The van der Waals surface area contributed by atoms with Crippen LogP contribution in [0.4, 0.5) is 0 Å². The average Bonchev–Trinajstić information content (AvgIpc) is 2.66. The highest BCUT2D eigenvalue weighted by atomic mass is 32.1. The summed E-state index contributed by atoms with van der Waals surface area (Å²) < 4.78 is 4.99. The van der Waals surface area contributed by atoms with E-state index in [0.29, 0.717) is 24.8 Å². The number of nitrogens with zero attached hydrogens (tertiary/aromatic N) is 1. The summed E-state index contributed by atoms with van der Waals surface area (Å²) in [6, 6.07) is 19.2. The largest absolute Gasteiger partial charge is 0.466 e. The van der Waals surface area contributed by atoms with E-state index >= 15 is 0 Å². The lowest BCUT2D eigenvalue weighted by atomic mass is 10.1. The Bertz CT molecular complexity index is 751. The Morgan fingerprint density at radius 1 is 1.00 bits per heavy atom. The van der Waals surface area contributed by atoms with Gasteiger partial charge in [-0.05, 0) is 30.3 Å². The zero-order valence-corrected chi connectivity index (χ0v) is 16.2. The molecule has 0 atom stereocenters. The third-order valence-corrected chi connectivity index (χ3v) is 4.21. The number of ether oxygens (including phenoxy) is 1. The summed E-state index contributed by atoms with van der Waals surface area (Å²) in [6.45, 7) is 2.99. The van der Waals surface area contributed by atoms with Crippen LogP contribution in [0.2, 0.25) is 0 Å². The van der Waals surface area contributed by atoms with E-state index in [1.54, 1.807) is 6.92 Å². The number of hydrogen-bond acceptors (Lipinski definition) is 4. The fourth-order valence-electron chi connectivity index (χ4n) is 2.54. The minimum atomic E-state index is -0.283. The van der Waals surface area contributed by atoms with Crippen molar-refractivity contribution in [2.24, 2.45) is 0 Å². The van der Waals surface area contributed by atoms with E-state index in [9.17, 15) is 9.59 Å². The van der Waals surface area contributed by atoms with Gasteiger partial charge < -0.3 is 15.0 Å². The highest BCUT2D eigenvalue weighted by molar-refractivity contribution is 7.80. The first-order chi connectivity index (χ1) is 13.1. The smallest absolute Gasteiger partial charge is 0.307 e. The molecule has 2 aromatic carbocycles.